The van der Waals surface area contributed by atoms with Gasteiger partial charge >= 0.3 is 6.09 Å². The third-order valence-electron chi connectivity index (χ3n) is 4.36. The number of likely N-dealkylation sites (tertiary alicyclic amines) is 1. The van der Waals surface area contributed by atoms with Crippen molar-refractivity contribution in [3.63, 3.8) is 0 Å². The zero-order valence-corrected chi connectivity index (χ0v) is 13.9. The molecule has 2 amide bonds. The molecule has 2 heterocycles. The second-order valence-electron chi connectivity index (χ2n) is 6.05. The molecule has 6 heteroatoms. The van der Waals surface area contributed by atoms with E-state index >= 15 is 0 Å². The minimum Gasteiger partial charge on any atom is -0.450 e. The van der Waals surface area contributed by atoms with Gasteiger partial charge in [-0.1, -0.05) is 18.2 Å². The number of hydrogen-bond acceptors (Lipinski definition) is 3. The minimum absolute atomic E-state index is 0.0387. The number of para-hydroxylation sites is 1. The number of piperidine rings is 1. The number of amides is 2. The number of alkyl carbamates (subject to hydrolysis) is 1. The summed E-state index contributed by atoms with van der Waals surface area (Å²) in [6.45, 7) is 3.72. The van der Waals surface area contributed by atoms with Gasteiger partial charge in [-0.05, 0) is 37.3 Å². The van der Waals surface area contributed by atoms with Gasteiger partial charge in [-0.2, -0.15) is 0 Å². The number of nitrogens with one attached hydrogen (secondary N) is 1. The third kappa shape index (κ3) is 3.69. The summed E-state index contributed by atoms with van der Waals surface area (Å²) in [5.74, 6) is 0.0757. The van der Waals surface area contributed by atoms with E-state index in [1.54, 1.807) is 6.92 Å². The third-order valence-corrected chi connectivity index (χ3v) is 4.36. The minimum atomic E-state index is -0.409. The van der Waals surface area contributed by atoms with Crippen LogP contribution in [0.5, 0.6) is 0 Å². The number of benzene rings is 1. The summed E-state index contributed by atoms with van der Waals surface area (Å²) in [4.78, 5) is 26.0. The first-order valence-corrected chi connectivity index (χ1v) is 8.42. The van der Waals surface area contributed by atoms with E-state index in [1.807, 2.05) is 46.0 Å². The van der Waals surface area contributed by atoms with Crippen molar-refractivity contribution >= 4 is 22.9 Å². The first-order chi connectivity index (χ1) is 11.7. The smallest absolute Gasteiger partial charge is 0.407 e. The Labute approximate surface area is 141 Å². The fourth-order valence-electron chi connectivity index (χ4n) is 3.19. The molecule has 2 aromatic rings. The number of fused-ring (bicyclic) bond motifs is 1. The van der Waals surface area contributed by atoms with E-state index < -0.39 is 6.09 Å². The topological polar surface area (TPSA) is 63.6 Å². The van der Waals surface area contributed by atoms with Crippen molar-refractivity contribution in [2.75, 3.05) is 19.7 Å². The molecule has 1 atom stereocenters. The molecule has 24 heavy (non-hydrogen) atoms. The van der Waals surface area contributed by atoms with Gasteiger partial charge < -0.3 is 19.5 Å². The lowest BCUT2D eigenvalue weighted by Crippen LogP contribution is -2.50. The first-order valence-electron chi connectivity index (χ1n) is 8.42. The highest BCUT2D eigenvalue weighted by molar-refractivity contribution is 5.83. The number of ether oxygens (including phenoxy) is 1. The molecular weight excluding hydrogens is 306 g/mol. The largest absolute Gasteiger partial charge is 0.450 e. The van der Waals surface area contributed by atoms with Gasteiger partial charge in [0.1, 0.15) is 6.54 Å². The Kier molecular flexibility index (Phi) is 5.03. The maximum absolute atomic E-state index is 12.6. The molecule has 6 nitrogen and oxygen atoms in total. The van der Waals surface area contributed by atoms with E-state index in [-0.39, 0.29) is 11.9 Å². The van der Waals surface area contributed by atoms with Gasteiger partial charge in [-0.25, -0.2) is 4.79 Å². The first kappa shape index (κ1) is 16.4. The van der Waals surface area contributed by atoms with Crippen molar-refractivity contribution in [1.82, 2.24) is 14.8 Å². The zero-order chi connectivity index (χ0) is 16.9. The standard InChI is InChI=1S/C18H23N3O3/c1-2-24-18(23)19-15-7-5-10-21(12-15)17(22)13-20-11-9-14-6-3-4-8-16(14)20/h3-4,6,8-9,11,15H,2,5,7,10,12-13H2,1H3,(H,19,23). The Balaban J connectivity index is 1.61. The monoisotopic (exact) mass is 329 g/mol. The molecule has 1 aliphatic rings. The van der Waals surface area contributed by atoms with Crippen LogP contribution in [-0.4, -0.2) is 47.2 Å². The molecule has 1 aromatic carbocycles. The molecule has 0 radical (unpaired) electrons. The summed E-state index contributed by atoms with van der Waals surface area (Å²) < 4.78 is 6.89. The molecule has 0 aliphatic carbocycles. The molecule has 0 bridgehead atoms. The normalized spacial score (nSPS) is 17.7. The van der Waals surface area contributed by atoms with Crippen LogP contribution in [-0.2, 0) is 16.1 Å². The van der Waals surface area contributed by atoms with E-state index in [0.717, 1.165) is 30.3 Å². The van der Waals surface area contributed by atoms with Gasteiger partial charge in [0.25, 0.3) is 0 Å². The van der Waals surface area contributed by atoms with Crippen LogP contribution in [0.1, 0.15) is 19.8 Å². The molecule has 3 rings (SSSR count). The van der Waals surface area contributed by atoms with Crippen LogP contribution in [0.3, 0.4) is 0 Å². The van der Waals surface area contributed by atoms with Crippen LogP contribution in [0.2, 0.25) is 0 Å². The number of carbonyl (C=O) groups excluding carboxylic acids is 2. The Bertz CT molecular complexity index is 725. The fourth-order valence-corrected chi connectivity index (χ4v) is 3.19. The number of carbonyl (C=O) groups is 2. The van der Waals surface area contributed by atoms with Crippen molar-refractivity contribution in [2.45, 2.75) is 32.4 Å². The maximum Gasteiger partial charge on any atom is 0.407 e. The average Bonchev–Trinajstić information content (AvgIpc) is 2.98. The number of nitrogens with zero attached hydrogens (tertiary/aromatic N) is 2. The number of rotatable bonds is 4. The SMILES string of the molecule is CCOC(=O)NC1CCCN(C(=O)Cn2ccc3ccccc32)C1. The predicted octanol–water partition coefficient (Wildman–Crippen LogP) is 2.38. The van der Waals surface area contributed by atoms with E-state index in [2.05, 4.69) is 5.32 Å². The number of aromatic nitrogens is 1. The van der Waals surface area contributed by atoms with E-state index in [9.17, 15) is 9.59 Å². The predicted molar refractivity (Wildman–Crippen MR) is 91.7 cm³/mol. The Hall–Kier alpha value is -2.50. The summed E-state index contributed by atoms with van der Waals surface area (Å²) >= 11 is 0. The molecule has 0 spiro atoms. The molecule has 128 valence electrons. The van der Waals surface area contributed by atoms with E-state index in [1.165, 1.54) is 0 Å². The molecule has 1 N–H and O–H groups in total. The van der Waals surface area contributed by atoms with E-state index in [0.29, 0.717) is 19.7 Å². The average molecular weight is 329 g/mol. The molecule has 1 aromatic heterocycles. The van der Waals surface area contributed by atoms with Gasteiger partial charge in [0.05, 0.1) is 6.61 Å². The molecule has 1 fully saturated rings. The Morgan fingerprint density at radius 1 is 1.29 bits per heavy atom. The summed E-state index contributed by atoms with van der Waals surface area (Å²) in [5.41, 5.74) is 1.06. The highest BCUT2D eigenvalue weighted by Gasteiger charge is 2.25. The summed E-state index contributed by atoms with van der Waals surface area (Å²) in [6.07, 6.45) is 3.29. The van der Waals surface area contributed by atoms with Gasteiger partial charge in [0, 0.05) is 30.8 Å². The van der Waals surface area contributed by atoms with Gasteiger partial charge in [-0.15, -0.1) is 0 Å². The Morgan fingerprint density at radius 2 is 2.12 bits per heavy atom. The summed E-state index contributed by atoms with van der Waals surface area (Å²) in [5, 5.41) is 3.96. The molecule has 1 unspecified atom stereocenters. The number of hydrogen-bond donors (Lipinski definition) is 1. The molecular formula is C18H23N3O3. The van der Waals surface area contributed by atoms with Gasteiger partial charge in [0.15, 0.2) is 0 Å². The van der Waals surface area contributed by atoms with Crippen LogP contribution in [0, 0.1) is 0 Å². The van der Waals surface area contributed by atoms with Crippen molar-refractivity contribution in [1.29, 1.82) is 0 Å². The van der Waals surface area contributed by atoms with Crippen LogP contribution in [0.25, 0.3) is 10.9 Å². The molecule has 1 aliphatic heterocycles. The van der Waals surface area contributed by atoms with Crippen molar-refractivity contribution in [3.8, 4) is 0 Å². The molecule has 0 saturated carbocycles. The van der Waals surface area contributed by atoms with Crippen LogP contribution in [0.4, 0.5) is 4.79 Å². The van der Waals surface area contributed by atoms with Crippen molar-refractivity contribution in [2.24, 2.45) is 0 Å². The van der Waals surface area contributed by atoms with Crippen LogP contribution < -0.4 is 5.32 Å². The van der Waals surface area contributed by atoms with Gasteiger partial charge in [-0.3, -0.25) is 4.79 Å². The maximum atomic E-state index is 12.6. The fraction of sp³-hybridized carbons (Fsp3) is 0.444. The second-order valence-corrected chi connectivity index (χ2v) is 6.05. The lowest BCUT2D eigenvalue weighted by Gasteiger charge is -2.33. The lowest BCUT2D eigenvalue weighted by atomic mass is 10.1. The van der Waals surface area contributed by atoms with Crippen molar-refractivity contribution in [3.05, 3.63) is 36.5 Å². The van der Waals surface area contributed by atoms with Crippen LogP contribution in [0.15, 0.2) is 36.5 Å². The van der Waals surface area contributed by atoms with Gasteiger partial charge in [0.2, 0.25) is 5.91 Å². The zero-order valence-electron chi connectivity index (χ0n) is 13.9. The Morgan fingerprint density at radius 3 is 2.96 bits per heavy atom. The summed E-state index contributed by atoms with van der Waals surface area (Å²) in [7, 11) is 0. The second kappa shape index (κ2) is 7.38. The lowest BCUT2D eigenvalue weighted by molar-refractivity contribution is -0.133. The highest BCUT2D eigenvalue weighted by atomic mass is 16.5. The highest BCUT2D eigenvalue weighted by Crippen LogP contribution is 2.16. The summed E-state index contributed by atoms with van der Waals surface area (Å²) in [6, 6.07) is 10.0. The quantitative estimate of drug-likeness (QED) is 0.937. The van der Waals surface area contributed by atoms with E-state index in [4.69, 9.17) is 4.74 Å². The van der Waals surface area contributed by atoms with Crippen LogP contribution >= 0.6 is 0 Å². The molecule has 1 saturated heterocycles. The van der Waals surface area contributed by atoms with Crippen molar-refractivity contribution < 1.29 is 14.3 Å².